The summed E-state index contributed by atoms with van der Waals surface area (Å²) in [6, 6.07) is 33.5. The summed E-state index contributed by atoms with van der Waals surface area (Å²) in [6.45, 7) is 3.37. The highest BCUT2D eigenvalue weighted by atomic mass is 15.0. The fourth-order valence-electron chi connectivity index (χ4n) is 4.74. The highest BCUT2D eigenvalue weighted by Crippen LogP contribution is 2.48. The SMILES string of the molecule is CC[C@H](c1ccccc1)[C@H]1[C@H](c2ccccc2)CN[C@H]1c1ccccc1. The topological polar surface area (TPSA) is 12.0 Å². The van der Waals surface area contributed by atoms with Gasteiger partial charge in [0.15, 0.2) is 0 Å². The zero-order valence-electron chi connectivity index (χ0n) is 15.4. The molecule has 1 nitrogen and oxygen atoms in total. The molecule has 1 saturated heterocycles. The van der Waals surface area contributed by atoms with Crippen LogP contribution >= 0.6 is 0 Å². The quantitative estimate of drug-likeness (QED) is 0.607. The first kappa shape index (κ1) is 17.1. The van der Waals surface area contributed by atoms with Crippen molar-refractivity contribution in [3.05, 3.63) is 108 Å². The Kier molecular flexibility index (Phi) is 5.17. The van der Waals surface area contributed by atoms with Crippen LogP contribution in [0.5, 0.6) is 0 Å². The van der Waals surface area contributed by atoms with Crippen LogP contribution in [0.25, 0.3) is 0 Å². The van der Waals surface area contributed by atoms with Gasteiger partial charge in [-0.3, -0.25) is 0 Å². The van der Waals surface area contributed by atoms with E-state index in [1.54, 1.807) is 0 Å². The van der Waals surface area contributed by atoms with Crippen molar-refractivity contribution in [3.63, 3.8) is 0 Å². The molecule has 1 aliphatic heterocycles. The van der Waals surface area contributed by atoms with E-state index >= 15 is 0 Å². The molecule has 1 heterocycles. The van der Waals surface area contributed by atoms with Crippen LogP contribution < -0.4 is 5.32 Å². The van der Waals surface area contributed by atoms with E-state index in [-0.39, 0.29) is 0 Å². The van der Waals surface area contributed by atoms with Crippen molar-refractivity contribution in [1.29, 1.82) is 0 Å². The Morgan fingerprint density at radius 1 is 0.769 bits per heavy atom. The Morgan fingerprint density at radius 2 is 1.31 bits per heavy atom. The van der Waals surface area contributed by atoms with Crippen LogP contribution in [-0.4, -0.2) is 6.54 Å². The average molecular weight is 341 g/mol. The van der Waals surface area contributed by atoms with Crippen LogP contribution in [0.4, 0.5) is 0 Å². The predicted octanol–water partition coefficient (Wildman–Crippen LogP) is 5.92. The minimum absolute atomic E-state index is 0.395. The molecule has 0 bridgehead atoms. The predicted molar refractivity (Wildman–Crippen MR) is 109 cm³/mol. The van der Waals surface area contributed by atoms with E-state index in [0.717, 1.165) is 13.0 Å². The van der Waals surface area contributed by atoms with Crippen LogP contribution in [0.15, 0.2) is 91.0 Å². The van der Waals surface area contributed by atoms with Crippen molar-refractivity contribution in [2.24, 2.45) is 5.92 Å². The van der Waals surface area contributed by atoms with E-state index in [1.165, 1.54) is 16.7 Å². The van der Waals surface area contributed by atoms with Crippen molar-refractivity contribution in [2.45, 2.75) is 31.2 Å². The van der Waals surface area contributed by atoms with E-state index < -0.39 is 0 Å². The highest BCUT2D eigenvalue weighted by molar-refractivity contribution is 5.32. The second-order valence-electron chi connectivity index (χ2n) is 7.32. The summed E-state index contributed by atoms with van der Waals surface area (Å²) < 4.78 is 0. The maximum atomic E-state index is 3.86. The van der Waals surface area contributed by atoms with Gasteiger partial charge < -0.3 is 5.32 Å². The van der Waals surface area contributed by atoms with E-state index in [0.29, 0.717) is 23.8 Å². The Labute approximate surface area is 157 Å². The Hall–Kier alpha value is -2.38. The fraction of sp³-hybridized carbons (Fsp3) is 0.280. The molecule has 0 amide bonds. The Morgan fingerprint density at radius 3 is 1.88 bits per heavy atom. The molecule has 0 radical (unpaired) electrons. The van der Waals surface area contributed by atoms with Crippen molar-refractivity contribution in [1.82, 2.24) is 5.32 Å². The second-order valence-corrected chi connectivity index (χ2v) is 7.32. The number of benzene rings is 3. The van der Waals surface area contributed by atoms with Gasteiger partial charge in [0.25, 0.3) is 0 Å². The van der Waals surface area contributed by atoms with E-state index in [4.69, 9.17) is 0 Å². The maximum absolute atomic E-state index is 3.86. The minimum atomic E-state index is 0.395. The lowest BCUT2D eigenvalue weighted by Gasteiger charge is -2.32. The molecule has 1 N–H and O–H groups in total. The van der Waals surface area contributed by atoms with Crippen LogP contribution in [0.2, 0.25) is 0 Å². The summed E-state index contributed by atoms with van der Waals surface area (Å²) in [5.41, 5.74) is 4.33. The number of hydrogen-bond donors (Lipinski definition) is 1. The normalized spacial score (nSPS) is 23.7. The molecule has 1 heteroatoms. The van der Waals surface area contributed by atoms with Crippen LogP contribution in [0.1, 0.15) is 47.9 Å². The first-order valence-electron chi connectivity index (χ1n) is 9.76. The summed E-state index contributed by atoms with van der Waals surface area (Å²) in [5.74, 6) is 1.63. The van der Waals surface area contributed by atoms with Gasteiger partial charge in [0.1, 0.15) is 0 Å². The average Bonchev–Trinajstić information content (AvgIpc) is 3.16. The monoisotopic (exact) mass is 341 g/mol. The second kappa shape index (κ2) is 7.88. The standard InChI is InChI=1S/C25H27N/c1-2-22(19-12-6-3-7-13-19)24-23(20-14-8-4-9-15-20)18-26-25(24)21-16-10-5-11-17-21/h3-17,22-26H,2,18H2,1H3/t22-,23+,24+,25+/m1/s1. The van der Waals surface area contributed by atoms with Crippen LogP contribution in [-0.2, 0) is 0 Å². The van der Waals surface area contributed by atoms with E-state index in [9.17, 15) is 0 Å². The van der Waals surface area contributed by atoms with Gasteiger partial charge >= 0.3 is 0 Å². The number of rotatable bonds is 5. The summed E-state index contributed by atoms with van der Waals surface area (Å²) in [5, 5.41) is 3.86. The van der Waals surface area contributed by atoms with Crippen LogP contribution in [0, 0.1) is 5.92 Å². The van der Waals surface area contributed by atoms with E-state index in [1.807, 2.05) is 0 Å². The summed E-state index contributed by atoms with van der Waals surface area (Å²) in [6.07, 6.45) is 1.16. The third-order valence-electron chi connectivity index (χ3n) is 5.93. The minimum Gasteiger partial charge on any atom is -0.309 e. The maximum Gasteiger partial charge on any atom is 0.0361 e. The fourth-order valence-corrected chi connectivity index (χ4v) is 4.74. The third kappa shape index (κ3) is 3.32. The van der Waals surface area contributed by atoms with Gasteiger partial charge in [0.05, 0.1) is 0 Å². The third-order valence-corrected chi connectivity index (χ3v) is 5.93. The number of hydrogen-bond acceptors (Lipinski definition) is 1. The molecule has 0 spiro atoms. The molecule has 4 rings (SSSR count). The molecule has 1 fully saturated rings. The van der Waals surface area contributed by atoms with Crippen molar-refractivity contribution >= 4 is 0 Å². The van der Waals surface area contributed by atoms with Gasteiger partial charge in [-0.15, -0.1) is 0 Å². The van der Waals surface area contributed by atoms with Gasteiger partial charge in [0, 0.05) is 18.5 Å². The first-order chi connectivity index (χ1) is 12.9. The van der Waals surface area contributed by atoms with Gasteiger partial charge in [-0.05, 0) is 34.9 Å². The molecule has 4 atom stereocenters. The molecule has 0 aliphatic carbocycles. The largest absolute Gasteiger partial charge is 0.309 e. The van der Waals surface area contributed by atoms with Crippen molar-refractivity contribution in [2.75, 3.05) is 6.54 Å². The summed E-state index contributed by atoms with van der Waals surface area (Å²) in [4.78, 5) is 0. The Bertz CT molecular complexity index is 750. The smallest absolute Gasteiger partial charge is 0.0361 e. The Balaban J connectivity index is 1.76. The van der Waals surface area contributed by atoms with E-state index in [2.05, 4.69) is 103 Å². The summed E-state index contributed by atoms with van der Waals surface area (Å²) >= 11 is 0. The first-order valence-corrected chi connectivity index (χ1v) is 9.76. The summed E-state index contributed by atoms with van der Waals surface area (Å²) in [7, 11) is 0. The van der Waals surface area contributed by atoms with Gasteiger partial charge in [-0.2, -0.15) is 0 Å². The van der Waals surface area contributed by atoms with Gasteiger partial charge in [0.2, 0.25) is 0 Å². The number of nitrogens with one attached hydrogen (secondary N) is 1. The lowest BCUT2D eigenvalue weighted by atomic mass is 9.71. The molecule has 3 aromatic rings. The zero-order valence-corrected chi connectivity index (χ0v) is 15.4. The molecule has 26 heavy (non-hydrogen) atoms. The molecule has 0 unspecified atom stereocenters. The highest BCUT2D eigenvalue weighted by Gasteiger charge is 2.41. The molecular formula is C25H27N. The molecule has 0 saturated carbocycles. The molecule has 1 aliphatic rings. The lowest BCUT2D eigenvalue weighted by Crippen LogP contribution is -2.24. The van der Waals surface area contributed by atoms with Crippen molar-refractivity contribution in [3.8, 4) is 0 Å². The molecule has 3 aromatic carbocycles. The molecule has 132 valence electrons. The lowest BCUT2D eigenvalue weighted by molar-refractivity contribution is 0.344. The van der Waals surface area contributed by atoms with Gasteiger partial charge in [-0.25, -0.2) is 0 Å². The van der Waals surface area contributed by atoms with Crippen molar-refractivity contribution < 1.29 is 0 Å². The van der Waals surface area contributed by atoms with Crippen LogP contribution in [0.3, 0.4) is 0 Å². The molecular weight excluding hydrogens is 314 g/mol. The molecule has 0 aromatic heterocycles. The zero-order chi connectivity index (χ0) is 17.8. The van der Waals surface area contributed by atoms with Gasteiger partial charge in [-0.1, -0.05) is 97.9 Å².